The van der Waals surface area contributed by atoms with Crippen molar-refractivity contribution in [3.05, 3.63) is 78.4 Å². The van der Waals surface area contributed by atoms with Gasteiger partial charge in [0, 0.05) is 24.9 Å². The van der Waals surface area contributed by atoms with Crippen molar-refractivity contribution in [1.82, 2.24) is 10.6 Å². The smallest absolute Gasteiger partial charge is 0.239 e. The van der Waals surface area contributed by atoms with Gasteiger partial charge in [-0.15, -0.1) is 0 Å². The minimum Gasteiger partial charge on any atom is -0.350 e. The number of carbonyl (C=O) groups is 3. The summed E-state index contributed by atoms with van der Waals surface area (Å²) in [7, 11) is 0. The van der Waals surface area contributed by atoms with Crippen molar-refractivity contribution in [2.45, 2.75) is 13.0 Å². The summed E-state index contributed by atoms with van der Waals surface area (Å²) in [6.07, 6.45) is 0.140. The summed E-state index contributed by atoms with van der Waals surface area (Å²) in [5, 5.41) is 7.47. The lowest BCUT2D eigenvalue weighted by atomic mass is 10.1. The van der Waals surface area contributed by atoms with Gasteiger partial charge in [0.2, 0.25) is 17.7 Å². The second-order valence-corrected chi connectivity index (χ2v) is 7.38. The monoisotopic (exact) mass is 401 g/mol. The lowest BCUT2D eigenvalue weighted by Crippen LogP contribution is -2.40. The van der Waals surface area contributed by atoms with Crippen LogP contribution in [0, 0.1) is 5.92 Å². The van der Waals surface area contributed by atoms with E-state index < -0.39 is 5.92 Å². The number of rotatable bonds is 6. The molecule has 0 bridgehead atoms. The average Bonchev–Trinajstić information content (AvgIpc) is 3.18. The Balaban J connectivity index is 1.33. The Kier molecular flexibility index (Phi) is 5.75. The molecule has 1 atom stereocenters. The molecule has 4 rings (SSSR count). The molecule has 1 aliphatic heterocycles. The molecule has 3 aromatic carbocycles. The fraction of sp³-hybridized carbons (Fsp3) is 0.208. The molecule has 1 fully saturated rings. The van der Waals surface area contributed by atoms with Crippen LogP contribution in [0.4, 0.5) is 5.69 Å². The second-order valence-electron chi connectivity index (χ2n) is 7.38. The Bertz CT molecular complexity index is 1080. The lowest BCUT2D eigenvalue weighted by Gasteiger charge is -2.19. The fourth-order valence-electron chi connectivity index (χ4n) is 3.73. The maximum atomic E-state index is 12.6. The molecular formula is C24H23N3O3. The van der Waals surface area contributed by atoms with Crippen molar-refractivity contribution in [2.75, 3.05) is 18.0 Å². The Morgan fingerprint density at radius 3 is 2.47 bits per heavy atom. The van der Waals surface area contributed by atoms with Crippen molar-refractivity contribution < 1.29 is 14.4 Å². The Labute approximate surface area is 174 Å². The van der Waals surface area contributed by atoms with Crippen molar-refractivity contribution in [2.24, 2.45) is 5.92 Å². The molecule has 1 saturated heterocycles. The van der Waals surface area contributed by atoms with E-state index in [-0.39, 0.29) is 30.7 Å². The lowest BCUT2D eigenvalue weighted by molar-refractivity contribution is -0.129. The zero-order chi connectivity index (χ0) is 20.9. The van der Waals surface area contributed by atoms with Crippen molar-refractivity contribution in [1.29, 1.82) is 0 Å². The largest absolute Gasteiger partial charge is 0.350 e. The van der Waals surface area contributed by atoms with Crippen LogP contribution in [-0.4, -0.2) is 30.8 Å². The number of carbonyl (C=O) groups excluding carboxylic acids is 3. The third kappa shape index (κ3) is 4.33. The van der Waals surface area contributed by atoms with Gasteiger partial charge < -0.3 is 15.5 Å². The zero-order valence-electron chi connectivity index (χ0n) is 16.5. The summed E-state index contributed by atoms with van der Waals surface area (Å²) >= 11 is 0. The molecule has 0 radical (unpaired) electrons. The molecular weight excluding hydrogens is 378 g/mol. The number of hydrogen-bond acceptors (Lipinski definition) is 3. The molecule has 1 unspecified atom stereocenters. The topological polar surface area (TPSA) is 78.5 Å². The van der Waals surface area contributed by atoms with Gasteiger partial charge in [-0.05, 0) is 17.0 Å². The molecule has 0 spiro atoms. The highest BCUT2D eigenvalue weighted by Crippen LogP contribution is 2.31. The van der Waals surface area contributed by atoms with E-state index in [0.717, 1.165) is 22.0 Å². The zero-order valence-corrected chi connectivity index (χ0v) is 16.5. The molecule has 0 aromatic heterocycles. The van der Waals surface area contributed by atoms with E-state index in [2.05, 4.69) is 10.6 Å². The number of amides is 3. The third-order valence-electron chi connectivity index (χ3n) is 5.31. The van der Waals surface area contributed by atoms with Crippen LogP contribution < -0.4 is 15.5 Å². The first-order chi connectivity index (χ1) is 14.6. The first kappa shape index (κ1) is 19.6. The van der Waals surface area contributed by atoms with Gasteiger partial charge in [0.1, 0.15) is 0 Å². The number of hydrogen-bond donors (Lipinski definition) is 2. The molecule has 6 nitrogen and oxygen atoms in total. The first-order valence-electron chi connectivity index (χ1n) is 9.98. The van der Waals surface area contributed by atoms with Crippen LogP contribution in [0.15, 0.2) is 72.8 Å². The molecule has 6 heteroatoms. The summed E-state index contributed by atoms with van der Waals surface area (Å²) in [6.45, 7) is 0.612. The van der Waals surface area contributed by atoms with E-state index in [1.54, 1.807) is 4.90 Å². The van der Waals surface area contributed by atoms with Gasteiger partial charge in [-0.25, -0.2) is 0 Å². The number of nitrogens with zero attached hydrogens (tertiary/aromatic N) is 1. The summed E-state index contributed by atoms with van der Waals surface area (Å²) in [5.41, 5.74) is 1.80. The van der Waals surface area contributed by atoms with Crippen LogP contribution in [0.2, 0.25) is 0 Å². The van der Waals surface area contributed by atoms with Gasteiger partial charge in [-0.3, -0.25) is 14.4 Å². The molecule has 3 aromatic rings. The van der Waals surface area contributed by atoms with Gasteiger partial charge in [-0.1, -0.05) is 66.7 Å². The van der Waals surface area contributed by atoms with E-state index in [1.807, 2.05) is 72.8 Å². The second kappa shape index (κ2) is 8.78. The molecule has 2 N–H and O–H groups in total. The van der Waals surface area contributed by atoms with E-state index in [0.29, 0.717) is 13.1 Å². The van der Waals surface area contributed by atoms with Gasteiger partial charge in [0.25, 0.3) is 0 Å². The minimum absolute atomic E-state index is 0.0833. The fourth-order valence-corrected chi connectivity index (χ4v) is 3.73. The molecule has 30 heavy (non-hydrogen) atoms. The van der Waals surface area contributed by atoms with Crippen LogP contribution in [0.3, 0.4) is 0 Å². The highest BCUT2D eigenvalue weighted by atomic mass is 16.2. The average molecular weight is 401 g/mol. The summed E-state index contributed by atoms with van der Waals surface area (Å²) in [4.78, 5) is 38.8. The Hall–Kier alpha value is -3.67. The summed E-state index contributed by atoms with van der Waals surface area (Å²) in [6, 6.07) is 23.2. The standard InChI is InChI=1S/C24H23N3O3/c28-22(25-14-17-7-2-1-3-8-17)15-26-24(30)19-13-23(29)27(16-19)21-12-6-10-18-9-4-5-11-20(18)21/h1-12,19H,13-16H2,(H,25,28)(H,26,30). The number of fused-ring (bicyclic) bond motifs is 1. The molecule has 3 amide bonds. The highest BCUT2D eigenvalue weighted by molar-refractivity contribution is 6.07. The molecule has 1 aliphatic rings. The SMILES string of the molecule is O=C(CNC(=O)C1CC(=O)N(c2cccc3ccccc23)C1)NCc1ccccc1. The summed E-state index contributed by atoms with van der Waals surface area (Å²) < 4.78 is 0. The van der Waals surface area contributed by atoms with Crippen LogP contribution in [0.5, 0.6) is 0 Å². The Morgan fingerprint density at radius 2 is 1.63 bits per heavy atom. The molecule has 1 heterocycles. The van der Waals surface area contributed by atoms with Gasteiger partial charge in [0.15, 0.2) is 0 Å². The van der Waals surface area contributed by atoms with E-state index >= 15 is 0 Å². The minimum atomic E-state index is -0.474. The molecule has 152 valence electrons. The number of anilines is 1. The molecule has 0 aliphatic carbocycles. The maximum absolute atomic E-state index is 12.6. The van der Waals surface area contributed by atoms with Gasteiger partial charge in [0.05, 0.1) is 18.2 Å². The van der Waals surface area contributed by atoms with Crippen LogP contribution in [0.1, 0.15) is 12.0 Å². The van der Waals surface area contributed by atoms with Crippen molar-refractivity contribution in [3.8, 4) is 0 Å². The Morgan fingerprint density at radius 1 is 0.900 bits per heavy atom. The normalized spacial score (nSPS) is 15.9. The molecule has 0 saturated carbocycles. The summed E-state index contributed by atoms with van der Waals surface area (Å²) in [5.74, 6) is -1.10. The van der Waals surface area contributed by atoms with Crippen LogP contribution in [-0.2, 0) is 20.9 Å². The van der Waals surface area contributed by atoms with Crippen LogP contribution >= 0.6 is 0 Å². The highest BCUT2D eigenvalue weighted by Gasteiger charge is 2.35. The van der Waals surface area contributed by atoms with E-state index in [9.17, 15) is 14.4 Å². The van der Waals surface area contributed by atoms with E-state index in [1.165, 1.54) is 0 Å². The maximum Gasteiger partial charge on any atom is 0.239 e. The first-order valence-corrected chi connectivity index (χ1v) is 9.98. The van der Waals surface area contributed by atoms with Crippen LogP contribution in [0.25, 0.3) is 10.8 Å². The number of nitrogens with one attached hydrogen (secondary N) is 2. The quantitative estimate of drug-likeness (QED) is 0.667. The van der Waals surface area contributed by atoms with E-state index in [4.69, 9.17) is 0 Å². The van der Waals surface area contributed by atoms with Crippen molar-refractivity contribution >= 4 is 34.2 Å². The third-order valence-corrected chi connectivity index (χ3v) is 5.31. The van der Waals surface area contributed by atoms with Crippen molar-refractivity contribution in [3.63, 3.8) is 0 Å². The predicted molar refractivity (Wildman–Crippen MR) is 116 cm³/mol. The van der Waals surface area contributed by atoms with Gasteiger partial charge in [-0.2, -0.15) is 0 Å². The predicted octanol–water partition coefficient (Wildman–Crippen LogP) is 2.63. The van der Waals surface area contributed by atoms with Gasteiger partial charge >= 0.3 is 0 Å². The number of benzene rings is 3.